The zero-order chi connectivity index (χ0) is 14.8. The Balaban J connectivity index is 2.14. The molecule has 0 bridgehead atoms. The van der Waals surface area contributed by atoms with Gasteiger partial charge >= 0.3 is 0 Å². The molecule has 3 unspecified atom stereocenters. The second-order valence-corrected chi connectivity index (χ2v) is 6.61. The van der Waals surface area contributed by atoms with Gasteiger partial charge in [-0.15, -0.1) is 0 Å². The van der Waals surface area contributed by atoms with Gasteiger partial charge in [-0.3, -0.25) is 4.79 Å². The lowest BCUT2D eigenvalue weighted by molar-refractivity contribution is -0.123. The van der Waals surface area contributed by atoms with Crippen LogP contribution in [0.1, 0.15) is 72.1 Å². The van der Waals surface area contributed by atoms with Crippen molar-refractivity contribution in [2.45, 2.75) is 78.2 Å². The number of nitrogens with one attached hydrogen (secondary N) is 2. The quantitative estimate of drug-likeness (QED) is 0.636. The number of amides is 1. The van der Waals surface area contributed by atoms with Crippen molar-refractivity contribution < 1.29 is 4.79 Å². The molecule has 1 fully saturated rings. The summed E-state index contributed by atoms with van der Waals surface area (Å²) in [6.45, 7) is 8.82. The van der Waals surface area contributed by atoms with Crippen LogP contribution in [-0.2, 0) is 4.79 Å². The van der Waals surface area contributed by atoms with Crippen molar-refractivity contribution in [2.24, 2.45) is 11.8 Å². The first-order valence-corrected chi connectivity index (χ1v) is 8.63. The molecule has 1 amide bonds. The average Bonchev–Trinajstić information content (AvgIpc) is 2.44. The van der Waals surface area contributed by atoms with Crippen LogP contribution in [0.15, 0.2) is 0 Å². The molecule has 2 N–H and O–H groups in total. The van der Waals surface area contributed by atoms with E-state index in [2.05, 4.69) is 31.4 Å². The van der Waals surface area contributed by atoms with E-state index in [-0.39, 0.29) is 5.91 Å². The number of carbonyl (C=O) groups excluding carboxylic acids is 1. The van der Waals surface area contributed by atoms with E-state index in [1.165, 1.54) is 38.5 Å². The fraction of sp³-hybridized carbons (Fsp3) is 0.941. The van der Waals surface area contributed by atoms with Crippen molar-refractivity contribution in [3.8, 4) is 0 Å². The minimum absolute atomic E-state index is 0.242. The molecule has 3 atom stereocenters. The molecule has 1 rings (SSSR count). The summed E-state index contributed by atoms with van der Waals surface area (Å²) in [6.07, 6.45) is 9.44. The topological polar surface area (TPSA) is 41.1 Å². The molecular weight excluding hydrogens is 248 g/mol. The number of unbranched alkanes of at least 4 members (excludes halogenated alkanes) is 3. The smallest absolute Gasteiger partial charge is 0.220 e. The summed E-state index contributed by atoms with van der Waals surface area (Å²) in [5.41, 5.74) is 0. The Labute approximate surface area is 125 Å². The summed E-state index contributed by atoms with van der Waals surface area (Å²) in [7, 11) is 0. The summed E-state index contributed by atoms with van der Waals surface area (Å²) in [6, 6.07) is 0.330. The Morgan fingerprint density at radius 3 is 2.75 bits per heavy atom. The van der Waals surface area contributed by atoms with Gasteiger partial charge in [0.1, 0.15) is 0 Å². The van der Waals surface area contributed by atoms with Gasteiger partial charge in [-0.25, -0.2) is 0 Å². The highest BCUT2D eigenvalue weighted by Crippen LogP contribution is 2.22. The summed E-state index contributed by atoms with van der Waals surface area (Å²) in [5, 5.41) is 6.61. The van der Waals surface area contributed by atoms with E-state index < -0.39 is 0 Å². The lowest BCUT2D eigenvalue weighted by atomic mass is 9.85. The molecule has 1 saturated heterocycles. The monoisotopic (exact) mass is 282 g/mol. The summed E-state index contributed by atoms with van der Waals surface area (Å²) >= 11 is 0. The van der Waals surface area contributed by atoms with Gasteiger partial charge in [0.2, 0.25) is 5.91 Å². The maximum atomic E-state index is 12.1. The number of hydrogen-bond acceptors (Lipinski definition) is 2. The standard InChI is InChI=1S/C17H34N2O/c1-4-5-6-7-9-15(3)19-17(20)12-14(2)16-10-8-11-18-13-16/h14-16,18H,4-13H2,1-3H3,(H,19,20). The van der Waals surface area contributed by atoms with Gasteiger partial charge in [-0.05, 0) is 51.1 Å². The molecule has 0 aromatic rings. The van der Waals surface area contributed by atoms with E-state index in [4.69, 9.17) is 0 Å². The fourth-order valence-corrected chi connectivity index (χ4v) is 3.11. The zero-order valence-corrected chi connectivity index (χ0v) is 13.7. The summed E-state index contributed by atoms with van der Waals surface area (Å²) in [4.78, 5) is 12.1. The van der Waals surface area contributed by atoms with Crippen LogP contribution in [0, 0.1) is 11.8 Å². The van der Waals surface area contributed by atoms with E-state index >= 15 is 0 Å². The van der Waals surface area contributed by atoms with Gasteiger partial charge in [0.15, 0.2) is 0 Å². The third-order valence-corrected chi connectivity index (χ3v) is 4.55. The Hall–Kier alpha value is -0.570. The first-order valence-electron chi connectivity index (χ1n) is 8.63. The molecule has 0 aromatic heterocycles. The summed E-state index contributed by atoms with van der Waals surface area (Å²) in [5.74, 6) is 1.41. The molecule has 0 saturated carbocycles. The number of piperidine rings is 1. The van der Waals surface area contributed by atoms with Crippen molar-refractivity contribution >= 4 is 5.91 Å². The maximum absolute atomic E-state index is 12.1. The molecule has 20 heavy (non-hydrogen) atoms. The average molecular weight is 282 g/mol. The van der Waals surface area contributed by atoms with Crippen LogP contribution in [-0.4, -0.2) is 25.0 Å². The minimum atomic E-state index is 0.242. The molecule has 0 radical (unpaired) electrons. The normalized spacial score (nSPS) is 22.2. The largest absolute Gasteiger partial charge is 0.354 e. The fourth-order valence-electron chi connectivity index (χ4n) is 3.11. The van der Waals surface area contributed by atoms with Crippen LogP contribution >= 0.6 is 0 Å². The lowest BCUT2D eigenvalue weighted by Gasteiger charge is -2.28. The lowest BCUT2D eigenvalue weighted by Crippen LogP contribution is -2.37. The van der Waals surface area contributed by atoms with Gasteiger partial charge in [0.25, 0.3) is 0 Å². The third-order valence-electron chi connectivity index (χ3n) is 4.55. The molecule has 1 aliphatic heterocycles. The summed E-state index contributed by atoms with van der Waals surface area (Å²) < 4.78 is 0. The van der Waals surface area contributed by atoms with E-state index in [0.717, 1.165) is 19.5 Å². The van der Waals surface area contributed by atoms with E-state index in [1.807, 2.05) is 0 Å². The van der Waals surface area contributed by atoms with Crippen LogP contribution < -0.4 is 10.6 Å². The van der Waals surface area contributed by atoms with Gasteiger partial charge < -0.3 is 10.6 Å². The maximum Gasteiger partial charge on any atom is 0.220 e. The Kier molecular flexibility index (Phi) is 8.92. The van der Waals surface area contributed by atoms with E-state index in [0.29, 0.717) is 24.3 Å². The van der Waals surface area contributed by atoms with Gasteiger partial charge in [0.05, 0.1) is 0 Å². The van der Waals surface area contributed by atoms with E-state index in [1.54, 1.807) is 0 Å². The molecule has 0 spiro atoms. The van der Waals surface area contributed by atoms with Gasteiger partial charge in [-0.1, -0.05) is 39.5 Å². The van der Waals surface area contributed by atoms with Crippen molar-refractivity contribution in [3.05, 3.63) is 0 Å². The van der Waals surface area contributed by atoms with Crippen LogP contribution in [0.25, 0.3) is 0 Å². The van der Waals surface area contributed by atoms with Crippen LogP contribution in [0.4, 0.5) is 0 Å². The molecule has 1 aliphatic rings. The van der Waals surface area contributed by atoms with Crippen LogP contribution in [0.5, 0.6) is 0 Å². The first kappa shape index (κ1) is 17.5. The van der Waals surface area contributed by atoms with Crippen LogP contribution in [0.2, 0.25) is 0 Å². The van der Waals surface area contributed by atoms with Crippen molar-refractivity contribution in [3.63, 3.8) is 0 Å². The number of carbonyl (C=O) groups is 1. The molecule has 3 nitrogen and oxygen atoms in total. The molecule has 118 valence electrons. The minimum Gasteiger partial charge on any atom is -0.354 e. The van der Waals surface area contributed by atoms with Crippen molar-refractivity contribution in [1.29, 1.82) is 0 Å². The van der Waals surface area contributed by atoms with Gasteiger partial charge in [0, 0.05) is 12.5 Å². The Bertz CT molecular complexity index is 262. The first-order chi connectivity index (χ1) is 9.63. The zero-order valence-electron chi connectivity index (χ0n) is 13.7. The number of hydrogen-bond donors (Lipinski definition) is 2. The molecule has 0 aromatic carbocycles. The predicted molar refractivity (Wildman–Crippen MR) is 85.7 cm³/mol. The Morgan fingerprint density at radius 2 is 2.10 bits per heavy atom. The molecule has 0 aliphatic carbocycles. The van der Waals surface area contributed by atoms with Crippen molar-refractivity contribution in [2.75, 3.05) is 13.1 Å². The highest BCUT2D eigenvalue weighted by molar-refractivity contribution is 5.76. The second-order valence-electron chi connectivity index (χ2n) is 6.61. The van der Waals surface area contributed by atoms with Crippen molar-refractivity contribution in [1.82, 2.24) is 10.6 Å². The predicted octanol–water partition coefficient (Wildman–Crippen LogP) is 3.49. The Morgan fingerprint density at radius 1 is 1.30 bits per heavy atom. The van der Waals surface area contributed by atoms with Crippen LogP contribution in [0.3, 0.4) is 0 Å². The number of rotatable bonds is 9. The third kappa shape index (κ3) is 7.28. The highest BCUT2D eigenvalue weighted by Gasteiger charge is 2.22. The molecular formula is C17H34N2O. The highest BCUT2D eigenvalue weighted by atomic mass is 16.1. The van der Waals surface area contributed by atoms with Gasteiger partial charge in [-0.2, -0.15) is 0 Å². The SMILES string of the molecule is CCCCCCC(C)NC(=O)CC(C)C1CCCNC1. The molecule has 1 heterocycles. The second kappa shape index (κ2) is 10.2. The van der Waals surface area contributed by atoms with E-state index in [9.17, 15) is 4.79 Å². The molecule has 3 heteroatoms.